The largest absolute Gasteiger partial charge is 0.497 e. The minimum absolute atomic E-state index is 0.0604. The van der Waals surface area contributed by atoms with Gasteiger partial charge in [-0.2, -0.15) is 0 Å². The molecular formula is C21H28N4O3. The van der Waals surface area contributed by atoms with E-state index in [1.807, 2.05) is 12.1 Å². The van der Waals surface area contributed by atoms with E-state index in [2.05, 4.69) is 22.5 Å². The Labute approximate surface area is 165 Å². The van der Waals surface area contributed by atoms with Gasteiger partial charge in [0, 0.05) is 18.2 Å². The average Bonchev–Trinajstić information content (AvgIpc) is 2.72. The van der Waals surface area contributed by atoms with E-state index >= 15 is 0 Å². The molecule has 0 atom stereocenters. The Balaban J connectivity index is 1.97. The number of amides is 1. The van der Waals surface area contributed by atoms with Gasteiger partial charge in [-0.15, -0.1) is 0 Å². The number of carbonyl (C=O) groups is 1. The van der Waals surface area contributed by atoms with Crippen molar-refractivity contribution in [2.45, 2.75) is 26.3 Å². The standard InChI is InChI=1S/C21H28N4O3/c1-4-5-12-23-20(26)16-8-6-15(7-9-16)14-24-21(22)25-18-13-17(27-2)10-11-19(18)28-3/h6-11,13H,4-5,12,14H2,1-3H3,(H,23,26)(H3,22,24,25). The average molecular weight is 384 g/mol. The van der Waals surface area contributed by atoms with Crippen LogP contribution in [0.25, 0.3) is 0 Å². The zero-order valence-electron chi connectivity index (χ0n) is 16.6. The SMILES string of the molecule is CCCCNC(=O)c1ccc(CN=C(N)Nc2cc(OC)ccc2OC)cc1. The van der Waals surface area contributed by atoms with Gasteiger partial charge in [0.05, 0.1) is 26.5 Å². The summed E-state index contributed by atoms with van der Waals surface area (Å²) in [6.07, 6.45) is 2.03. The minimum Gasteiger partial charge on any atom is -0.497 e. The van der Waals surface area contributed by atoms with Crippen molar-refractivity contribution in [3.8, 4) is 11.5 Å². The molecule has 4 N–H and O–H groups in total. The molecule has 0 unspecified atom stereocenters. The molecule has 0 aliphatic rings. The number of methoxy groups -OCH3 is 2. The van der Waals surface area contributed by atoms with Crippen LogP contribution in [0.5, 0.6) is 11.5 Å². The summed E-state index contributed by atoms with van der Waals surface area (Å²) >= 11 is 0. The maximum Gasteiger partial charge on any atom is 0.251 e. The first kappa shape index (κ1) is 21.1. The van der Waals surface area contributed by atoms with Crippen LogP contribution in [0.2, 0.25) is 0 Å². The maximum absolute atomic E-state index is 12.0. The number of hydrogen-bond donors (Lipinski definition) is 3. The van der Waals surface area contributed by atoms with Gasteiger partial charge in [0.2, 0.25) is 0 Å². The fourth-order valence-corrected chi connectivity index (χ4v) is 2.51. The summed E-state index contributed by atoms with van der Waals surface area (Å²) in [5.74, 6) is 1.52. The number of rotatable bonds is 9. The van der Waals surface area contributed by atoms with Crippen molar-refractivity contribution in [1.82, 2.24) is 5.32 Å². The third-order valence-corrected chi connectivity index (χ3v) is 4.13. The van der Waals surface area contributed by atoms with Crippen LogP contribution in [0.4, 0.5) is 5.69 Å². The molecule has 7 heteroatoms. The Morgan fingerprint density at radius 1 is 1.11 bits per heavy atom. The molecule has 0 bridgehead atoms. The number of guanidine groups is 1. The Kier molecular flexibility index (Phi) is 8.14. The van der Waals surface area contributed by atoms with E-state index in [1.165, 1.54) is 0 Å². The topological polar surface area (TPSA) is 98.0 Å². The predicted octanol–water partition coefficient (Wildman–Crippen LogP) is 3.16. The Morgan fingerprint density at radius 2 is 1.86 bits per heavy atom. The van der Waals surface area contributed by atoms with Crippen molar-refractivity contribution >= 4 is 17.6 Å². The number of nitrogens with one attached hydrogen (secondary N) is 2. The van der Waals surface area contributed by atoms with Gasteiger partial charge in [-0.1, -0.05) is 25.5 Å². The summed E-state index contributed by atoms with van der Waals surface area (Å²) in [7, 11) is 3.18. The quantitative estimate of drug-likeness (QED) is 0.350. The second kappa shape index (κ2) is 10.8. The van der Waals surface area contributed by atoms with Crippen molar-refractivity contribution in [3.63, 3.8) is 0 Å². The number of anilines is 1. The summed E-state index contributed by atoms with van der Waals surface area (Å²) in [5.41, 5.74) is 8.25. The molecule has 7 nitrogen and oxygen atoms in total. The normalized spacial score (nSPS) is 11.0. The van der Waals surface area contributed by atoms with Gasteiger partial charge in [-0.25, -0.2) is 4.99 Å². The van der Waals surface area contributed by atoms with E-state index in [-0.39, 0.29) is 11.9 Å². The van der Waals surface area contributed by atoms with Crippen LogP contribution in [0.15, 0.2) is 47.5 Å². The molecule has 0 aromatic heterocycles. The highest BCUT2D eigenvalue weighted by atomic mass is 16.5. The van der Waals surface area contributed by atoms with E-state index in [9.17, 15) is 4.79 Å². The van der Waals surface area contributed by atoms with E-state index < -0.39 is 0 Å². The lowest BCUT2D eigenvalue weighted by molar-refractivity contribution is 0.0953. The molecule has 2 rings (SSSR count). The number of nitrogens with zero attached hydrogens (tertiary/aromatic N) is 1. The molecule has 0 heterocycles. The van der Waals surface area contributed by atoms with Gasteiger partial charge in [0.1, 0.15) is 11.5 Å². The molecule has 0 fully saturated rings. The predicted molar refractivity (Wildman–Crippen MR) is 112 cm³/mol. The highest BCUT2D eigenvalue weighted by molar-refractivity contribution is 5.94. The van der Waals surface area contributed by atoms with Crippen LogP contribution in [0.1, 0.15) is 35.7 Å². The molecule has 0 saturated heterocycles. The Hall–Kier alpha value is -3.22. The van der Waals surface area contributed by atoms with Gasteiger partial charge in [-0.3, -0.25) is 4.79 Å². The molecule has 150 valence electrons. The number of aliphatic imine (C=N–C) groups is 1. The van der Waals surface area contributed by atoms with Crippen LogP contribution in [-0.4, -0.2) is 32.6 Å². The zero-order valence-corrected chi connectivity index (χ0v) is 16.6. The molecule has 0 radical (unpaired) electrons. The molecule has 0 aliphatic heterocycles. The van der Waals surface area contributed by atoms with E-state index in [1.54, 1.807) is 44.6 Å². The molecule has 0 spiro atoms. The smallest absolute Gasteiger partial charge is 0.251 e. The highest BCUT2D eigenvalue weighted by Gasteiger charge is 2.07. The molecular weight excluding hydrogens is 356 g/mol. The van der Waals surface area contributed by atoms with Crippen LogP contribution in [0, 0.1) is 0 Å². The van der Waals surface area contributed by atoms with Gasteiger partial charge in [0.25, 0.3) is 5.91 Å². The van der Waals surface area contributed by atoms with Crippen molar-refractivity contribution in [2.24, 2.45) is 10.7 Å². The second-order valence-electron chi connectivity index (χ2n) is 6.20. The number of hydrogen-bond acceptors (Lipinski definition) is 4. The minimum atomic E-state index is -0.0604. The second-order valence-corrected chi connectivity index (χ2v) is 6.20. The van der Waals surface area contributed by atoms with E-state index in [0.717, 1.165) is 18.4 Å². The number of ether oxygens (including phenoxy) is 2. The lowest BCUT2D eigenvalue weighted by atomic mass is 10.1. The molecule has 2 aromatic rings. The molecule has 0 aliphatic carbocycles. The third-order valence-electron chi connectivity index (χ3n) is 4.13. The van der Waals surface area contributed by atoms with Crippen LogP contribution in [-0.2, 0) is 6.54 Å². The lowest BCUT2D eigenvalue weighted by Crippen LogP contribution is -2.24. The van der Waals surface area contributed by atoms with Gasteiger partial charge in [-0.05, 0) is 36.2 Å². The Morgan fingerprint density at radius 3 is 2.50 bits per heavy atom. The number of carbonyl (C=O) groups excluding carboxylic acids is 1. The Bertz CT molecular complexity index is 804. The van der Waals surface area contributed by atoms with Crippen molar-refractivity contribution in [2.75, 3.05) is 26.1 Å². The fourth-order valence-electron chi connectivity index (χ4n) is 2.51. The van der Waals surface area contributed by atoms with Crippen molar-refractivity contribution in [1.29, 1.82) is 0 Å². The lowest BCUT2D eigenvalue weighted by Gasteiger charge is -2.12. The number of nitrogens with two attached hydrogens (primary N) is 1. The van der Waals surface area contributed by atoms with E-state index in [4.69, 9.17) is 15.2 Å². The number of unbranched alkanes of at least 4 members (excludes halogenated alkanes) is 1. The molecule has 2 aromatic carbocycles. The van der Waals surface area contributed by atoms with Crippen LogP contribution in [0.3, 0.4) is 0 Å². The van der Waals surface area contributed by atoms with Crippen molar-refractivity contribution in [3.05, 3.63) is 53.6 Å². The van der Waals surface area contributed by atoms with Crippen LogP contribution < -0.4 is 25.8 Å². The summed E-state index contributed by atoms with van der Waals surface area (Å²) in [4.78, 5) is 16.4. The summed E-state index contributed by atoms with van der Waals surface area (Å²) in [5, 5.41) is 5.92. The molecule has 28 heavy (non-hydrogen) atoms. The summed E-state index contributed by atoms with van der Waals surface area (Å²) in [6.45, 7) is 3.17. The first-order chi connectivity index (χ1) is 13.6. The van der Waals surface area contributed by atoms with Crippen LogP contribution >= 0.6 is 0 Å². The first-order valence-corrected chi connectivity index (χ1v) is 9.23. The van der Waals surface area contributed by atoms with Gasteiger partial charge < -0.3 is 25.8 Å². The number of benzene rings is 2. The fraction of sp³-hybridized carbons (Fsp3) is 0.333. The summed E-state index contributed by atoms with van der Waals surface area (Å²) < 4.78 is 10.5. The van der Waals surface area contributed by atoms with Gasteiger partial charge >= 0.3 is 0 Å². The summed E-state index contributed by atoms with van der Waals surface area (Å²) in [6, 6.07) is 12.7. The van der Waals surface area contributed by atoms with Gasteiger partial charge in [0.15, 0.2) is 5.96 Å². The van der Waals surface area contributed by atoms with E-state index in [0.29, 0.717) is 35.8 Å². The molecule has 1 amide bonds. The first-order valence-electron chi connectivity index (χ1n) is 9.23. The highest BCUT2D eigenvalue weighted by Crippen LogP contribution is 2.28. The molecule has 0 saturated carbocycles. The third kappa shape index (κ3) is 6.19. The zero-order chi connectivity index (χ0) is 20.4. The van der Waals surface area contributed by atoms with Crippen molar-refractivity contribution < 1.29 is 14.3 Å². The maximum atomic E-state index is 12.0. The monoisotopic (exact) mass is 384 g/mol.